The van der Waals surface area contributed by atoms with Crippen molar-refractivity contribution in [2.24, 2.45) is 0 Å². The number of amides is 1. The van der Waals surface area contributed by atoms with E-state index in [0.717, 1.165) is 21.9 Å². The number of thiophene rings is 1. The van der Waals surface area contributed by atoms with Crippen LogP contribution < -0.4 is 14.4 Å². The van der Waals surface area contributed by atoms with Gasteiger partial charge in [-0.05, 0) is 30.0 Å². The minimum absolute atomic E-state index is 0.0508. The summed E-state index contributed by atoms with van der Waals surface area (Å²) in [7, 11) is 0. The smallest absolute Gasteiger partial charge is 0.227 e. The number of hydrogen-bond donors (Lipinski definition) is 0. The van der Waals surface area contributed by atoms with E-state index in [2.05, 4.69) is 4.98 Å². The zero-order chi connectivity index (χ0) is 22.5. The number of rotatable bonds is 8. The highest BCUT2D eigenvalue weighted by Gasteiger charge is 2.20. The Kier molecular flexibility index (Phi) is 6.39. The molecule has 33 heavy (non-hydrogen) atoms. The first-order chi connectivity index (χ1) is 16.3. The molecule has 168 valence electrons. The number of carbonyl (C=O) groups excluding carboxylic acids is 1. The first-order valence-electron chi connectivity index (χ1n) is 11.0. The van der Waals surface area contributed by atoms with Gasteiger partial charge in [-0.1, -0.05) is 36.4 Å². The average Bonchev–Trinajstić information content (AvgIpc) is 3.55. The lowest BCUT2D eigenvalue weighted by molar-refractivity contribution is -0.118. The van der Waals surface area contributed by atoms with Gasteiger partial charge in [-0.15, -0.1) is 11.3 Å². The van der Waals surface area contributed by atoms with Gasteiger partial charge in [-0.25, -0.2) is 4.98 Å². The lowest BCUT2D eigenvalue weighted by Crippen LogP contribution is -2.30. The monoisotopic (exact) mass is 460 g/mol. The van der Waals surface area contributed by atoms with E-state index in [1.54, 1.807) is 17.5 Å². The Morgan fingerprint density at radius 1 is 1.00 bits per heavy atom. The maximum Gasteiger partial charge on any atom is 0.227 e. The maximum atomic E-state index is 13.3. The van der Waals surface area contributed by atoms with Crippen molar-refractivity contribution in [3.05, 3.63) is 83.0 Å². The van der Waals surface area contributed by atoms with E-state index >= 15 is 0 Å². The van der Waals surface area contributed by atoms with Crippen molar-refractivity contribution in [1.82, 2.24) is 4.98 Å². The topological polar surface area (TPSA) is 64.8 Å². The highest BCUT2D eigenvalue weighted by atomic mass is 32.1. The first kappa shape index (κ1) is 21.3. The third-order valence-corrected chi connectivity index (χ3v) is 6.29. The van der Waals surface area contributed by atoms with E-state index in [1.807, 2.05) is 70.9 Å². The molecule has 0 saturated carbocycles. The molecule has 0 N–H and O–H groups in total. The van der Waals surface area contributed by atoms with Crippen molar-refractivity contribution < 1.29 is 18.7 Å². The molecule has 7 heteroatoms. The molecule has 0 saturated heterocycles. The number of aryl methyl sites for hydroxylation is 1. The molecule has 6 nitrogen and oxygen atoms in total. The van der Waals surface area contributed by atoms with E-state index in [1.165, 1.54) is 0 Å². The highest BCUT2D eigenvalue weighted by Crippen LogP contribution is 2.35. The number of hydrogen-bond acceptors (Lipinski definition) is 6. The van der Waals surface area contributed by atoms with Crippen molar-refractivity contribution in [3.63, 3.8) is 0 Å². The molecule has 0 unspecified atom stereocenters. The molecule has 2 aromatic carbocycles. The van der Waals surface area contributed by atoms with E-state index in [-0.39, 0.29) is 5.91 Å². The maximum absolute atomic E-state index is 13.3. The minimum atomic E-state index is 0.0508. The summed E-state index contributed by atoms with van der Waals surface area (Å²) in [5, 5.41) is 2.02. The van der Waals surface area contributed by atoms with Crippen LogP contribution in [-0.2, 0) is 17.8 Å². The Bertz CT molecular complexity index is 1200. The molecular formula is C26H24N2O4S. The van der Waals surface area contributed by atoms with Crippen molar-refractivity contribution in [1.29, 1.82) is 0 Å². The summed E-state index contributed by atoms with van der Waals surface area (Å²) in [6, 6.07) is 19.6. The van der Waals surface area contributed by atoms with Crippen LogP contribution in [0.2, 0.25) is 0 Å². The fraction of sp³-hybridized carbons (Fsp3) is 0.231. The number of ether oxygens (including phenoxy) is 2. The van der Waals surface area contributed by atoms with Gasteiger partial charge in [-0.2, -0.15) is 0 Å². The number of carbonyl (C=O) groups is 1. The van der Waals surface area contributed by atoms with Gasteiger partial charge in [0.05, 0.1) is 12.7 Å². The SMILES string of the molecule is O=C(CCCc1ncc(-c2ccccc2)o1)N(Cc1cccs1)c1ccc2c(c1)OCCO2. The van der Waals surface area contributed by atoms with Gasteiger partial charge in [0.15, 0.2) is 23.1 Å². The predicted octanol–water partition coefficient (Wildman–Crippen LogP) is 5.73. The van der Waals surface area contributed by atoms with Gasteiger partial charge < -0.3 is 18.8 Å². The second kappa shape index (κ2) is 9.92. The van der Waals surface area contributed by atoms with Crippen LogP contribution in [-0.4, -0.2) is 24.1 Å². The molecule has 0 atom stereocenters. The summed E-state index contributed by atoms with van der Waals surface area (Å²) in [5.74, 6) is 2.83. The van der Waals surface area contributed by atoms with E-state index in [4.69, 9.17) is 13.9 Å². The molecule has 0 spiro atoms. The molecular weight excluding hydrogens is 436 g/mol. The number of aromatic nitrogens is 1. The number of fused-ring (bicyclic) bond motifs is 1. The molecule has 5 rings (SSSR count). The van der Waals surface area contributed by atoms with Crippen molar-refractivity contribution in [2.45, 2.75) is 25.8 Å². The fourth-order valence-corrected chi connectivity index (χ4v) is 4.46. The van der Waals surface area contributed by atoms with Crippen LogP contribution in [0.5, 0.6) is 11.5 Å². The van der Waals surface area contributed by atoms with E-state index in [9.17, 15) is 4.79 Å². The second-order valence-electron chi connectivity index (χ2n) is 7.73. The molecule has 4 aromatic rings. The highest BCUT2D eigenvalue weighted by molar-refractivity contribution is 7.09. The molecule has 1 amide bonds. The van der Waals surface area contributed by atoms with Gasteiger partial charge in [0.1, 0.15) is 13.2 Å². The Morgan fingerprint density at radius 2 is 1.85 bits per heavy atom. The van der Waals surface area contributed by atoms with Crippen molar-refractivity contribution >= 4 is 22.9 Å². The average molecular weight is 461 g/mol. The van der Waals surface area contributed by atoms with Crippen LogP contribution in [0.1, 0.15) is 23.6 Å². The molecule has 0 radical (unpaired) electrons. The Labute approximate surface area is 196 Å². The minimum Gasteiger partial charge on any atom is -0.486 e. The second-order valence-corrected chi connectivity index (χ2v) is 8.76. The zero-order valence-corrected chi connectivity index (χ0v) is 18.9. The summed E-state index contributed by atoms with van der Waals surface area (Å²) in [4.78, 5) is 20.6. The van der Waals surface area contributed by atoms with Gasteiger partial charge in [-0.3, -0.25) is 4.79 Å². The van der Waals surface area contributed by atoms with Crippen LogP contribution in [0, 0.1) is 0 Å². The fourth-order valence-electron chi connectivity index (χ4n) is 3.77. The Hall–Kier alpha value is -3.58. The standard InChI is InChI=1S/C26H24N2O4S/c29-26(10-4-9-25-27-17-24(32-25)19-6-2-1-3-7-19)28(18-21-8-5-15-33-21)20-11-12-22-23(16-20)31-14-13-30-22/h1-3,5-8,11-12,15-17H,4,9-10,13-14,18H2. The molecule has 3 heterocycles. The summed E-state index contributed by atoms with van der Waals surface area (Å²) < 4.78 is 17.2. The van der Waals surface area contributed by atoms with Gasteiger partial charge in [0, 0.05) is 35.0 Å². The lowest BCUT2D eigenvalue weighted by Gasteiger charge is -2.25. The van der Waals surface area contributed by atoms with Crippen LogP contribution in [0.25, 0.3) is 11.3 Å². The third kappa shape index (κ3) is 5.09. The molecule has 1 aliphatic heterocycles. The summed E-state index contributed by atoms with van der Waals surface area (Å²) in [6.45, 7) is 1.57. The van der Waals surface area contributed by atoms with Crippen LogP contribution in [0.4, 0.5) is 5.69 Å². The summed E-state index contributed by atoms with van der Waals surface area (Å²) >= 11 is 1.64. The number of oxazole rings is 1. The number of benzene rings is 2. The van der Waals surface area contributed by atoms with Crippen LogP contribution in [0.15, 0.2) is 76.7 Å². The number of anilines is 1. The molecule has 1 aliphatic rings. The quantitative estimate of drug-likeness (QED) is 0.336. The Balaban J connectivity index is 1.26. The third-order valence-electron chi connectivity index (χ3n) is 5.43. The normalized spacial score (nSPS) is 12.5. The molecule has 0 aliphatic carbocycles. The molecule has 2 aromatic heterocycles. The van der Waals surface area contributed by atoms with E-state index < -0.39 is 0 Å². The van der Waals surface area contributed by atoms with Crippen molar-refractivity contribution in [2.75, 3.05) is 18.1 Å². The largest absolute Gasteiger partial charge is 0.486 e. The van der Waals surface area contributed by atoms with Gasteiger partial charge in [0.25, 0.3) is 0 Å². The predicted molar refractivity (Wildman–Crippen MR) is 128 cm³/mol. The lowest BCUT2D eigenvalue weighted by atomic mass is 10.2. The number of nitrogens with zero attached hydrogens (tertiary/aromatic N) is 2. The van der Waals surface area contributed by atoms with Crippen molar-refractivity contribution in [3.8, 4) is 22.8 Å². The van der Waals surface area contributed by atoms with Crippen LogP contribution in [0.3, 0.4) is 0 Å². The van der Waals surface area contributed by atoms with Gasteiger partial charge in [0.2, 0.25) is 5.91 Å². The summed E-state index contributed by atoms with van der Waals surface area (Å²) in [6.07, 6.45) is 3.39. The van der Waals surface area contributed by atoms with E-state index in [0.29, 0.717) is 56.4 Å². The molecule has 0 bridgehead atoms. The first-order valence-corrected chi connectivity index (χ1v) is 11.9. The Morgan fingerprint density at radius 3 is 2.67 bits per heavy atom. The summed E-state index contributed by atoms with van der Waals surface area (Å²) in [5.41, 5.74) is 1.80. The zero-order valence-electron chi connectivity index (χ0n) is 18.1. The van der Waals surface area contributed by atoms with Gasteiger partial charge >= 0.3 is 0 Å². The van der Waals surface area contributed by atoms with Crippen LogP contribution >= 0.6 is 11.3 Å². The molecule has 0 fully saturated rings.